The molecule has 134 valence electrons. The van der Waals surface area contributed by atoms with Crippen LogP contribution in [0, 0.1) is 0 Å². The highest BCUT2D eigenvalue weighted by Crippen LogP contribution is 2.31. The fourth-order valence-electron chi connectivity index (χ4n) is 3.76. The molecule has 0 fully saturated rings. The Balaban J connectivity index is 1.59. The summed E-state index contributed by atoms with van der Waals surface area (Å²) in [5.74, 6) is 1.33. The average Bonchev–Trinajstić information content (AvgIpc) is 3.18. The molecule has 0 saturated carbocycles. The van der Waals surface area contributed by atoms with Crippen LogP contribution in [0.25, 0.3) is 0 Å². The molecule has 1 atom stereocenters. The second kappa shape index (κ2) is 6.27. The number of aryl methyl sites for hydroxylation is 1. The van der Waals surface area contributed by atoms with Crippen molar-refractivity contribution in [3.63, 3.8) is 0 Å². The first-order chi connectivity index (χ1) is 12.0. The summed E-state index contributed by atoms with van der Waals surface area (Å²) in [4.78, 5) is 13.1. The minimum Gasteiger partial charge on any atom is -0.385 e. The van der Waals surface area contributed by atoms with Gasteiger partial charge in [-0.05, 0) is 39.4 Å². The average molecular weight is 343 g/mol. The lowest BCUT2D eigenvalue weighted by molar-refractivity contribution is 0.133. The molecule has 0 radical (unpaired) electrons. The summed E-state index contributed by atoms with van der Waals surface area (Å²) in [6.07, 6.45) is 2.56. The van der Waals surface area contributed by atoms with Crippen LogP contribution in [0.15, 0.2) is 6.07 Å². The number of rotatable bonds is 4. The van der Waals surface area contributed by atoms with Crippen LogP contribution >= 0.6 is 0 Å². The Morgan fingerprint density at radius 1 is 1.28 bits per heavy atom. The second-order valence-corrected chi connectivity index (χ2v) is 7.17. The number of hydrogen-bond acceptors (Lipinski definition) is 7. The van der Waals surface area contributed by atoms with Crippen molar-refractivity contribution in [3.05, 3.63) is 28.7 Å². The van der Waals surface area contributed by atoms with Gasteiger partial charge in [0.2, 0.25) is 5.95 Å². The number of anilines is 2. The van der Waals surface area contributed by atoms with Gasteiger partial charge >= 0.3 is 0 Å². The van der Waals surface area contributed by atoms with Gasteiger partial charge in [-0.15, -0.1) is 0 Å². The monoisotopic (exact) mass is 343 g/mol. The third-order valence-electron chi connectivity index (χ3n) is 4.92. The molecule has 4 rings (SSSR count). The molecular weight excluding hydrogens is 318 g/mol. The zero-order valence-electron chi connectivity index (χ0n) is 14.8. The van der Waals surface area contributed by atoms with Gasteiger partial charge in [-0.25, -0.2) is 4.98 Å². The van der Waals surface area contributed by atoms with E-state index in [1.165, 1.54) is 5.56 Å². The van der Waals surface area contributed by atoms with E-state index in [-0.39, 0.29) is 0 Å². The predicted octanol–water partition coefficient (Wildman–Crippen LogP) is 0.359. The van der Waals surface area contributed by atoms with Crippen molar-refractivity contribution < 1.29 is 5.11 Å². The smallest absolute Gasteiger partial charge is 0.222 e. The Morgan fingerprint density at radius 3 is 2.92 bits per heavy atom. The summed E-state index contributed by atoms with van der Waals surface area (Å²) in [5, 5.41) is 14.9. The van der Waals surface area contributed by atoms with Crippen LogP contribution in [-0.2, 0) is 25.9 Å². The number of fused-ring (bicyclic) bond motifs is 2. The lowest BCUT2D eigenvalue weighted by atomic mass is 10.2. The fraction of sp³-hybridized carbons (Fsp3) is 0.588. The fourth-order valence-corrected chi connectivity index (χ4v) is 3.76. The predicted molar refractivity (Wildman–Crippen MR) is 95.3 cm³/mol. The first-order valence-electron chi connectivity index (χ1n) is 8.81. The van der Waals surface area contributed by atoms with Crippen molar-refractivity contribution in [2.75, 3.05) is 37.8 Å². The summed E-state index contributed by atoms with van der Waals surface area (Å²) >= 11 is 0. The van der Waals surface area contributed by atoms with Gasteiger partial charge in [-0.3, -0.25) is 4.68 Å². The highest BCUT2D eigenvalue weighted by atomic mass is 16.3. The van der Waals surface area contributed by atoms with E-state index in [1.807, 2.05) is 29.7 Å². The molecule has 3 N–H and O–H groups in total. The molecule has 8 heteroatoms. The Labute approximate surface area is 147 Å². The van der Waals surface area contributed by atoms with Crippen molar-refractivity contribution >= 4 is 11.8 Å². The van der Waals surface area contributed by atoms with Crippen LogP contribution in [0.5, 0.6) is 0 Å². The van der Waals surface area contributed by atoms with E-state index in [9.17, 15) is 5.11 Å². The zero-order chi connectivity index (χ0) is 17.6. The summed E-state index contributed by atoms with van der Waals surface area (Å²) in [7, 11) is 3.89. The van der Waals surface area contributed by atoms with Gasteiger partial charge in [0.25, 0.3) is 0 Å². The van der Waals surface area contributed by atoms with E-state index in [1.54, 1.807) is 0 Å². The largest absolute Gasteiger partial charge is 0.385 e. The van der Waals surface area contributed by atoms with Gasteiger partial charge < -0.3 is 20.6 Å². The number of aliphatic hydroxyl groups excluding tert-OH is 1. The minimum absolute atomic E-state index is 0.358. The van der Waals surface area contributed by atoms with Crippen LogP contribution in [-0.4, -0.2) is 56.9 Å². The van der Waals surface area contributed by atoms with E-state index in [2.05, 4.69) is 20.0 Å². The van der Waals surface area contributed by atoms with E-state index >= 15 is 0 Å². The number of nitrogens with two attached hydrogens (primary N) is 1. The summed E-state index contributed by atoms with van der Waals surface area (Å²) in [6, 6.07) is 2.01. The molecule has 3 heterocycles. The quantitative estimate of drug-likeness (QED) is 0.827. The molecule has 2 aliphatic rings. The molecule has 0 unspecified atom stereocenters. The van der Waals surface area contributed by atoms with E-state index in [4.69, 9.17) is 5.73 Å². The molecule has 2 aromatic rings. The molecule has 1 aliphatic heterocycles. The van der Waals surface area contributed by atoms with Crippen LogP contribution < -0.4 is 10.6 Å². The number of aromatic nitrogens is 4. The highest BCUT2D eigenvalue weighted by molar-refractivity contribution is 5.54. The molecule has 0 amide bonds. The van der Waals surface area contributed by atoms with E-state index in [0.717, 1.165) is 61.8 Å². The van der Waals surface area contributed by atoms with Crippen LogP contribution in [0.4, 0.5) is 11.8 Å². The SMILES string of the molecule is CN(C)C[C@@H](O)c1cc2n(n1)CCN(c1nc(N)nc3c1CCC3)C2. The standard InChI is InChI=1S/C17H25N7O/c1-22(2)10-15(25)14-8-11-9-23(6-7-24(11)21-14)16-12-4-3-5-13(12)19-17(18)20-16/h8,15,25H,3-7,9-10H2,1-2H3,(H2,18,19,20)/t15-/m1/s1. The van der Waals surface area contributed by atoms with Gasteiger partial charge in [0.1, 0.15) is 11.9 Å². The lowest BCUT2D eigenvalue weighted by Gasteiger charge is -2.30. The Hall–Kier alpha value is -2.19. The van der Waals surface area contributed by atoms with Gasteiger partial charge in [-0.1, -0.05) is 0 Å². The Bertz CT molecular complexity index is 786. The molecule has 1 aliphatic carbocycles. The van der Waals surface area contributed by atoms with Crippen molar-refractivity contribution in [2.24, 2.45) is 0 Å². The van der Waals surface area contributed by atoms with Gasteiger partial charge in [0, 0.05) is 18.7 Å². The highest BCUT2D eigenvalue weighted by Gasteiger charge is 2.27. The summed E-state index contributed by atoms with van der Waals surface area (Å²) in [5.41, 5.74) is 10.1. The molecule has 8 nitrogen and oxygen atoms in total. The minimum atomic E-state index is -0.569. The third kappa shape index (κ3) is 3.07. The van der Waals surface area contributed by atoms with Crippen LogP contribution in [0.1, 0.15) is 35.2 Å². The first kappa shape index (κ1) is 16.3. The Morgan fingerprint density at radius 2 is 2.12 bits per heavy atom. The van der Waals surface area contributed by atoms with Gasteiger partial charge in [0.15, 0.2) is 0 Å². The van der Waals surface area contributed by atoms with Crippen molar-refractivity contribution in [1.82, 2.24) is 24.6 Å². The number of hydrogen-bond donors (Lipinski definition) is 2. The number of aliphatic hydroxyl groups is 1. The maximum absolute atomic E-state index is 10.3. The molecule has 0 aromatic carbocycles. The number of nitrogens with zero attached hydrogens (tertiary/aromatic N) is 6. The normalized spacial score (nSPS) is 17.7. The molecule has 25 heavy (non-hydrogen) atoms. The van der Waals surface area contributed by atoms with Crippen LogP contribution in [0.3, 0.4) is 0 Å². The first-order valence-corrected chi connectivity index (χ1v) is 8.81. The van der Waals surface area contributed by atoms with Crippen molar-refractivity contribution in [2.45, 2.75) is 38.5 Å². The Kier molecular flexibility index (Phi) is 4.09. The summed E-state index contributed by atoms with van der Waals surface area (Å²) < 4.78 is 2.00. The third-order valence-corrected chi connectivity index (χ3v) is 4.92. The molecule has 2 aromatic heterocycles. The van der Waals surface area contributed by atoms with Gasteiger partial charge in [-0.2, -0.15) is 10.1 Å². The number of nitrogen functional groups attached to an aromatic ring is 1. The summed E-state index contributed by atoms with van der Waals surface area (Å²) in [6.45, 7) is 2.91. The topological polar surface area (TPSA) is 96.3 Å². The second-order valence-electron chi connectivity index (χ2n) is 7.17. The van der Waals surface area contributed by atoms with Crippen molar-refractivity contribution in [3.8, 4) is 0 Å². The van der Waals surface area contributed by atoms with Gasteiger partial charge in [0.05, 0.1) is 30.2 Å². The van der Waals surface area contributed by atoms with E-state index in [0.29, 0.717) is 12.5 Å². The molecule has 0 saturated heterocycles. The van der Waals surface area contributed by atoms with E-state index < -0.39 is 6.10 Å². The maximum atomic E-state index is 10.3. The molecule has 0 bridgehead atoms. The molecular formula is C17H25N7O. The van der Waals surface area contributed by atoms with Crippen molar-refractivity contribution in [1.29, 1.82) is 0 Å². The lowest BCUT2D eigenvalue weighted by Crippen LogP contribution is -2.35. The maximum Gasteiger partial charge on any atom is 0.222 e. The zero-order valence-corrected chi connectivity index (χ0v) is 14.8. The number of likely N-dealkylation sites (N-methyl/N-ethyl adjacent to an activating group) is 1. The molecule has 0 spiro atoms. The van der Waals surface area contributed by atoms with Crippen LogP contribution in [0.2, 0.25) is 0 Å².